The molecule has 17 bridgehead atoms. The van der Waals surface area contributed by atoms with Crippen LogP contribution in [0.4, 0.5) is 0 Å². The highest BCUT2D eigenvalue weighted by Crippen LogP contribution is 2.51. The summed E-state index contributed by atoms with van der Waals surface area (Å²) in [6, 6.07) is 1.80. The first kappa shape index (κ1) is 106. The molecule has 0 unspecified atom stereocenters. The molecule has 0 spiro atoms. The second-order valence-electron chi connectivity index (χ2n) is 35.8. The van der Waals surface area contributed by atoms with Crippen LogP contribution in [0.25, 0.3) is 11.1 Å². The molecule has 7 aromatic carbocycles. The number of phenols is 4. The molecule has 9 aliphatic heterocycles. The van der Waals surface area contributed by atoms with E-state index in [2.05, 4.69) is 72.3 Å². The standard InChI is InChI=1S/C95H115Cl2N13O32/c1-40(2)9-6-4-5-7-10-67(119)105-75-81(124)78(121)65(38-112)139-94(75)142-85-62-32-47-33-63(85)136-59-18-14-45(30-54(59)97)84(141-93-74(103-41(3)114)80(123)77(120)64(37-111)138-93)76-92(133)109-73(88(129)102-24-23-101-21-8-20-100-22-19-98)52-35-49(116)36-61(137-95-83(126)82(125)79(122)66(39-113)140-95)68(52)51-29-44(13-15-56(51)117)70(89(130)110-76)107-91(132)72(47)108-90(131)71-46-27-48(115)34-50(28-46)134-60-31-43(12-16-57(60)118)69(99)87(128)104-55(86(127)106-71)26-42-11-17-58(135-62)53(96)25-42/h11-18,25,27-36,40,55,64-66,69-84,93-95,100-101,111-113,115-118,120-126H,4-10,19-24,26,37-39,98-99H2,1-3H3,(H,102,129)(H,103,114)(H,104,128)(H,105,119)(H,106,127)(H,107,132)(H,108,131)(H,109,133)(H,110,130)/t55-,64+,65+,66-,69-,70-,71+,72-,73+,74+,75+,76+,77-,78-,79-,80-,81-,82-,83+,84-,93+,94+,95+/m1/s1. The van der Waals surface area contributed by atoms with Gasteiger partial charge in [-0.1, -0.05) is 87.0 Å². The summed E-state index contributed by atoms with van der Waals surface area (Å²) in [5.74, 6) is -17.7. The minimum Gasteiger partial charge on any atom is -0.508 e. The lowest BCUT2D eigenvalue weighted by molar-refractivity contribution is -0.284. The van der Waals surface area contributed by atoms with E-state index in [1.165, 1.54) is 30.3 Å². The molecule has 23 atom stereocenters. The first-order valence-corrected chi connectivity index (χ1v) is 46.9. The van der Waals surface area contributed by atoms with Crippen LogP contribution in [0.1, 0.15) is 141 Å². The van der Waals surface area contributed by atoms with Crippen LogP contribution in [0.5, 0.6) is 69.0 Å². The zero-order chi connectivity index (χ0) is 102. The number of nitrogens with two attached hydrogens (primary N) is 2. The molecule has 29 N–H and O–H groups in total. The van der Waals surface area contributed by atoms with Gasteiger partial charge in [-0.25, -0.2) is 0 Å². The molecular formula is C95H115Cl2N13O32. The lowest BCUT2D eigenvalue weighted by atomic mass is 9.89. The Balaban J connectivity index is 1.03. The number of carbonyl (C=O) groups excluding carboxylic acids is 9. The quantitative estimate of drug-likeness (QED) is 0.0277. The second kappa shape index (κ2) is 46.9. The summed E-state index contributed by atoms with van der Waals surface area (Å²) < 4.78 is 58.3. The third-order valence-electron chi connectivity index (χ3n) is 25.0. The SMILES string of the molecule is CC(=O)N[C@@H]1[C@H](O[C@@H]2c3ccc(c(Cl)c3)Oc3cc4cc(c3O[C@@H]3O[C@@H](CO)[C@@H](O)[C@H](O)[C@@H]3NC(=O)CCCCCCC(C)C)Oc3ccc(cc3Cl)C[C@H]3NC(=O)[C@H](N)c5ccc(O)c(c5)Oc5cc(O)cc(c5)[C@H](NC3=O)C(=O)N[C@H]4C(=O)N[C@H]3C(=O)N[C@@H]2C(=O)N[C@H](C(=O)NCCNCCCNCCN)c2cc(O)cc(O[C@H]4O[C@H](CO)[C@@H](O)[C@@H](O)[C@@H]4O)c2-c2cc3ccc2O)O[C@@H](CO)[C@@H](O)[C@@H]1O. The number of fused-ring (bicyclic) bond motifs is 14. The third-order valence-corrected chi connectivity index (χ3v) is 25.6. The molecular weight excluding hydrogens is 1910 g/mol. The molecule has 45 nitrogen and oxygen atoms in total. The Labute approximate surface area is 821 Å². The van der Waals surface area contributed by atoms with Crippen LogP contribution in [-0.4, -0.2) is 288 Å². The monoisotopic (exact) mass is 2020 g/mol. The molecule has 0 aliphatic carbocycles. The van der Waals surface area contributed by atoms with Gasteiger partial charge in [-0.15, -0.1) is 0 Å². The Bertz CT molecular complexity index is 5780. The molecule has 47 heteroatoms. The van der Waals surface area contributed by atoms with Crippen LogP contribution in [0.3, 0.4) is 0 Å². The van der Waals surface area contributed by atoms with Crippen molar-refractivity contribution in [3.8, 4) is 80.1 Å². The fraction of sp³-hybridized carbons (Fsp3) is 0.463. The molecule has 3 saturated heterocycles. The van der Waals surface area contributed by atoms with E-state index in [1.54, 1.807) is 0 Å². The van der Waals surface area contributed by atoms with Gasteiger partial charge in [0.05, 0.1) is 29.9 Å². The Morgan fingerprint density at radius 3 is 1.71 bits per heavy atom. The number of aliphatic hydroxyl groups excluding tert-OH is 10. The molecule has 9 amide bonds. The summed E-state index contributed by atoms with van der Waals surface area (Å²) in [4.78, 5) is 142. The van der Waals surface area contributed by atoms with Crippen LogP contribution >= 0.6 is 23.2 Å². The maximum absolute atomic E-state index is 17.2. The maximum atomic E-state index is 17.2. The number of aliphatic hydroxyl groups is 10. The van der Waals surface area contributed by atoms with Gasteiger partial charge in [0, 0.05) is 69.2 Å². The lowest BCUT2D eigenvalue weighted by Gasteiger charge is -2.44. The molecule has 16 rings (SSSR count). The third kappa shape index (κ3) is 24.5. The minimum absolute atomic E-state index is 0.0276. The van der Waals surface area contributed by atoms with Crippen LogP contribution in [-0.2, 0) is 68.5 Å². The average molecular weight is 2020 g/mol. The number of ether oxygens (including phenoxy) is 9. The number of aromatic hydroxyl groups is 4. The predicted octanol–water partition coefficient (Wildman–Crippen LogP) is -0.421. The van der Waals surface area contributed by atoms with Gasteiger partial charge in [0.15, 0.2) is 29.3 Å². The van der Waals surface area contributed by atoms with Crippen molar-refractivity contribution < 1.29 is 157 Å². The van der Waals surface area contributed by atoms with Gasteiger partial charge >= 0.3 is 0 Å². The van der Waals surface area contributed by atoms with Crippen molar-refractivity contribution >= 4 is 76.4 Å². The highest BCUT2D eigenvalue weighted by atomic mass is 35.5. The summed E-state index contributed by atoms with van der Waals surface area (Å²) in [7, 11) is 0. The number of unbranched alkanes of at least 4 members (excludes halogenated alkanes) is 3. The summed E-state index contributed by atoms with van der Waals surface area (Å²) in [5.41, 5.74) is 9.03. The van der Waals surface area contributed by atoms with E-state index in [0.29, 0.717) is 51.4 Å². The van der Waals surface area contributed by atoms with Gasteiger partial charge in [0.1, 0.15) is 162 Å². The maximum Gasteiger partial charge on any atom is 0.248 e. The average Bonchev–Trinajstić information content (AvgIpc) is 0.751. The second-order valence-corrected chi connectivity index (χ2v) is 36.6. The fourth-order valence-corrected chi connectivity index (χ4v) is 18.0. The summed E-state index contributed by atoms with van der Waals surface area (Å²) in [6.45, 7) is 3.60. The van der Waals surface area contributed by atoms with E-state index in [4.69, 9.17) is 77.3 Å². The number of hydrogen-bond donors (Lipinski definition) is 27. The zero-order valence-corrected chi connectivity index (χ0v) is 78.4. The van der Waals surface area contributed by atoms with Crippen molar-refractivity contribution in [2.24, 2.45) is 17.4 Å². The van der Waals surface area contributed by atoms with Crippen molar-refractivity contribution in [1.29, 1.82) is 0 Å². The Hall–Kier alpha value is -12.2. The van der Waals surface area contributed by atoms with E-state index < -0.39 is 304 Å². The zero-order valence-electron chi connectivity index (χ0n) is 76.9. The minimum atomic E-state index is -2.54. The first-order valence-electron chi connectivity index (χ1n) is 46.2. The highest BCUT2D eigenvalue weighted by molar-refractivity contribution is 6.32. The fourth-order valence-electron chi connectivity index (χ4n) is 17.6. The number of halogens is 2. The van der Waals surface area contributed by atoms with Gasteiger partial charge in [-0.05, 0) is 150 Å². The molecule has 0 radical (unpaired) electrons. The molecule has 0 aromatic heterocycles. The number of benzene rings is 7. The van der Waals surface area contributed by atoms with Crippen molar-refractivity contribution in [2.75, 3.05) is 59.1 Å². The molecule has 0 saturated carbocycles. The number of rotatable bonds is 28. The van der Waals surface area contributed by atoms with Crippen molar-refractivity contribution in [1.82, 2.24) is 58.5 Å². The first-order chi connectivity index (χ1) is 67.9. The number of carbonyl (C=O) groups is 9. The van der Waals surface area contributed by atoms with E-state index in [-0.39, 0.29) is 64.0 Å². The summed E-state index contributed by atoms with van der Waals surface area (Å²) >= 11 is 14.9. The van der Waals surface area contributed by atoms with Gasteiger partial charge in [0.25, 0.3) is 0 Å². The predicted molar refractivity (Wildman–Crippen MR) is 498 cm³/mol. The molecule has 9 aliphatic rings. The number of hydrogen-bond acceptors (Lipinski definition) is 36. The van der Waals surface area contributed by atoms with Crippen molar-refractivity contribution in [3.63, 3.8) is 0 Å². The largest absolute Gasteiger partial charge is 0.508 e. The van der Waals surface area contributed by atoms with Gasteiger partial charge in [0.2, 0.25) is 71.5 Å². The van der Waals surface area contributed by atoms with E-state index >= 15 is 28.8 Å². The van der Waals surface area contributed by atoms with Crippen LogP contribution in [0.15, 0.2) is 115 Å². The molecule has 3 fully saturated rings. The highest BCUT2D eigenvalue weighted by Gasteiger charge is 2.53. The number of amides is 9. The topological polar surface area (TPSA) is 704 Å². The van der Waals surface area contributed by atoms with Gasteiger partial charge in [-0.3, -0.25) is 43.2 Å². The van der Waals surface area contributed by atoms with Gasteiger partial charge < -0.3 is 184 Å². The Morgan fingerprint density at radius 2 is 1.06 bits per heavy atom. The summed E-state index contributed by atoms with van der Waals surface area (Å²) in [6.07, 6.45) is -25.2. The lowest BCUT2D eigenvalue weighted by Crippen LogP contribution is -2.65. The van der Waals surface area contributed by atoms with Gasteiger partial charge in [-0.2, -0.15) is 0 Å². The smallest absolute Gasteiger partial charge is 0.248 e. The number of phenolic OH excluding ortho intramolecular Hbond substituents is 4. The van der Waals surface area contributed by atoms with Crippen LogP contribution < -0.4 is 93.6 Å². The Morgan fingerprint density at radius 1 is 0.493 bits per heavy atom. The van der Waals surface area contributed by atoms with Crippen LogP contribution in [0.2, 0.25) is 10.0 Å². The molecule has 142 heavy (non-hydrogen) atoms. The van der Waals surface area contributed by atoms with E-state index in [0.717, 1.165) is 111 Å². The normalized spacial score (nSPS) is 27.7. The van der Waals surface area contributed by atoms with Crippen molar-refractivity contribution in [2.45, 2.75) is 213 Å². The summed E-state index contributed by atoms with van der Waals surface area (Å²) in [5, 5.41) is 191. The van der Waals surface area contributed by atoms with Crippen molar-refractivity contribution in [3.05, 3.63) is 164 Å². The molecule has 9 heterocycles. The van der Waals surface area contributed by atoms with E-state index in [9.17, 15) is 85.9 Å². The number of nitrogens with one attached hydrogen (secondary N) is 11. The molecule has 766 valence electrons. The van der Waals surface area contributed by atoms with Crippen LogP contribution in [0, 0.1) is 5.92 Å². The van der Waals surface area contributed by atoms with E-state index in [1.807, 2.05) is 0 Å². The Kier molecular flexibility index (Phi) is 34.9. The molecule has 7 aromatic rings.